The number of aromatic nitrogens is 1. The van der Waals surface area contributed by atoms with Crippen molar-refractivity contribution < 1.29 is 0 Å². The second-order valence-electron chi connectivity index (χ2n) is 6.06. The van der Waals surface area contributed by atoms with Crippen LogP contribution in [-0.4, -0.2) is 16.4 Å². The topological polar surface area (TPSA) is 45.0 Å². The van der Waals surface area contributed by atoms with Crippen LogP contribution in [0.25, 0.3) is 10.9 Å². The Balaban J connectivity index is 1.59. The Morgan fingerprint density at radius 1 is 1.00 bits per heavy atom. The number of nitrogens with zero attached hydrogens (tertiary/aromatic N) is 1. The Morgan fingerprint density at radius 3 is 2.64 bits per heavy atom. The highest BCUT2D eigenvalue weighted by atomic mass is 15.1. The highest BCUT2D eigenvalue weighted by Crippen LogP contribution is 2.28. The fourth-order valence-electron chi connectivity index (χ4n) is 3.54. The van der Waals surface area contributed by atoms with Crippen LogP contribution in [0.1, 0.15) is 22.4 Å². The van der Waals surface area contributed by atoms with Crippen molar-refractivity contribution in [3.05, 3.63) is 70.9 Å². The number of para-hydroxylation sites is 1. The van der Waals surface area contributed by atoms with Gasteiger partial charge in [-0.25, -0.2) is 0 Å². The van der Waals surface area contributed by atoms with Gasteiger partial charge in [0, 0.05) is 42.8 Å². The van der Waals surface area contributed by atoms with Gasteiger partial charge in [-0.1, -0.05) is 42.5 Å². The second-order valence-corrected chi connectivity index (χ2v) is 6.06. The maximum Gasteiger partial charge on any atom is 0.0459 e. The summed E-state index contributed by atoms with van der Waals surface area (Å²) in [5, 5.41) is 1.39. The second kappa shape index (κ2) is 5.59. The smallest absolute Gasteiger partial charge is 0.0459 e. The lowest BCUT2D eigenvalue weighted by Gasteiger charge is -2.27. The number of benzene rings is 2. The minimum absolute atomic E-state index is 0.613. The van der Waals surface area contributed by atoms with Gasteiger partial charge in [0.1, 0.15) is 0 Å². The van der Waals surface area contributed by atoms with Crippen molar-refractivity contribution in [3.8, 4) is 0 Å². The van der Waals surface area contributed by atoms with Crippen LogP contribution in [-0.2, 0) is 26.1 Å². The number of hydrogen-bond donors (Lipinski definition) is 2. The zero-order valence-electron chi connectivity index (χ0n) is 12.7. The third-order valence-electron chi connectivity index (χ3n) is 4.69. The van der Waals surface area contributed by atoms with Crippen molar-refractivity contribution in [2.45, 2.75) is 26.1 Å². The summed E-state index contributed by atoms with van der Waals surface area (Å²) in [6.07, 6.45) is 1.12. The number of rotatable bonds is 3. The molecule has 0 fully saturated rings. The molecule has 2 aromatic carbocycles. The molecule has 0 saturated heterocycles. The monoisotopic (exact) mass is 291 g/mol. The van der Waals surface area contributed by atoms with Crippen LogP contribution in [0.3, 0.4) is 0 Å². The van der Waals surface area contributed by atoms with Gasteiger partial charge in [0.25, 0.3) is 0 Å². The quantitative estimate of drug-likeness (QED) is 0.778. The molecule has 0 amide bonds. The van der Waals surface area contributed by atoms with Crippen LogP contribution in [0, 0.1) is 0 Å². The Bertz CT molecular complexity index is 803. The maximum absolute atomic E-state index is 5.86. The van der Waals surface area contributed by atoms with E-state index >= 15 is 0 Å². The standard InChI is InChI=1S/C19H21N3/c20-11-14-5-1-2-6-15(14)12-22-10-9-17-16-7-3-4-8-18(16)21-19(17)13-22/h1-8,21H,9-13,20H2. The van der Waals surface area contributed by atoms with Crippen LogP contribution in [0.5, 0.6) is 0 Å². The third-order valence-corrected chi connectivity index (χ3v) is 4.69. The van der Waals surface area contributed by atoms with Gasteiger partial charge in [0.15, 0.2) is 0 Å². The van der Waals surface area contributed by atoms with E-state index in [1.165, 1.54) is 33.3 Å². The van der Waals surface area contributed by atoms with Crippen molar-refractivity contribution >= 4 is 10.9 Å². The summed E-state index contributed by atoms with van der Waals surface area (Å²) >= 11 is 0. The molecule has 0 unspecified atom stereocenters. The van der Waals surface area contributed by atoms with E-state index in [1.807, 2.05) is 0 Å². The van der Waals surface area contributed by atoms with Crippen molar-refractivity contribution in [1.82, 2.24) is 9.88 Å². The zero-order valence-corrected chi connectivity index (χ0v) is 12.7. The Hall–Kier alpha value is -2.10. The van der Waals surface area contributed by atoms with E-state index in [9.17, 15) is 0 Å². The molecular formula is C19H21N3. The van der Waals surface area contributed by atoms with E-state index in [1.54, 1.807) is 0 Å². The van der Waals surface area contributed by atoms with Crippen molar-refractivity contribution in [2.75, 3.05) is 6.54 Å². The number of aromatic amines is 1. The highest BCUT2D eigenvalue weighted by molar-refractivity contribution is 5.84. The average Bonchev–Trinajstić information content (AvgIpc) is 2.93. The minimum atomic E-state index is 0.613. The number of nitrogens with two attached hydrogens (primary N) is 1. The molecule has 2 heterocycles. The first-order valence-electron chi connectivity index (χ1n) is 7.93. The predicted octanol–water partition coefficient (Wildman–Crippen LogP) is 3.18. The van der Waals surface area contributed by atoms with Gasteiger partial charge in [0.2, 0.25) is 0 Å². The molecule has 3 N–H and O–H groups in total. The lowest BCUT2D eigenvalue weighted by molar-refractivity contribution is 0.242. The maximum atomic E-state index is 5.86. The normalized spacial score (nSPS) is 15.1. The number of hydrogen-bond acceptors (Lipinski definition) is 2. The molecule has 0 aliphatic carbocycles. The van der Waals surface area contributed by atoms with Gasteiger partial charge < -0.3 is 10.7 Å². The van der Waals surface area contributed by atoms with Gasteiger partial charge in [-0.05, 0) is 29.2 Å². The molecular weight excluding hydrogens is 270 g/mol. The molecule has 22 heavy (non-hydrogen) atoms. The van der Waals surface area contributed by atoms with Gasteiger partial charge in [-0.2, -0.15) is 0 Å². The van der Waals surface area contributed by atoms with Gasteiger partial charge >= 0.3 is 0 Å². The molecule has 1 aliphatic heterocycles. The molecule has 112 valence electrons. The van der Waals surface area contributed by atoms with Gasteiger partial charge in [-0.3, -0.25) is 4.90 Å². The van der Waals surface area contributed by atoms with Gasteiger partial charge in [0.05, 0.1) is 0 Å². The third kappa shape index (κ3) is 2.32. The predicted molar refractivity (Wildman–Crippen MR) is 90.5 cm³/mol. The minimum Gasteiger partial charge on any atom is -0.357 e. The van der Waals surface area contributed by atoms with E-state index in [0.717, 1.165) is 26.1 Å². The first kappa shape index (κ1) is 13.6. The van der Waals surface area contributed by atoms with Crippen molar-refractivity contribution in [2.24, 2.45) is 5.73 Å². The molecule has 1 aromatic heterocycles. The molecule has 0 radical (unpaired) electrons. The lowest BCUT2D eigenvalue weighted by Crippen LogP contribution is -2.30. The van der Waals surface area contributed by atoms with E-state index < -0.39 is 0 Å². The van der Waals surface area contributed by atoms with Crippen LogP contribution in [0.15, 0.2) is 48.5 Å². The highest BCUT2D eigenvalue weighted by Gasteiger charge is 2.20. The summed E-state index contributed by atoms with van der Waals surface area (Å²) in [6.45, 7) is 3.68. The van der Waals surface area contributed by atoms with Crippen LogP contribution < -0.4 is 5.73 Å². The first-order chi connectivity index (χ1) is 10.8. The molecule has 3 aromatic rings. The average molecular weight is 291 g/mol. The van der Waals surface area contributed by atoms with Crippen LogP contribution in [0.4, 0.5) is 0 Å². The summed E-state index contributed by atoms with van der Waals surface area (Å²) in [7, 11) is 0. The summed E-state index contributed by atoms with van der Waals surface area (Å²) in [4.78, 5) is 6.10. The molecule has 0 spiro atoms. The number of fused-ring (bicyclic) bond motifs is 3. The Labute approximate surface area is 130 Å². The SMILES string of the molecule is NCc1ccccc1CN1CCc2c([nH]c3ccccc23)C1. The van der Waals surface area contributed by atoms with Crippen molar-refractivity contribution in [1.29, 1.82) is 0 Å². The van der Waals surface area contributed by atoms with Crippen LogP contribution >= 0.6 is 0 Å². The lowest BCUT2D eigenvalue weighted by atomic mass is 10.0. The van der Waals surface area contributed by atoms with E-state index in [2.05, 4.69) is 58.4 Å². The molecule has 3 nitrogen and oxygen atoms in total. The van der Waals surface area contributed by atoms with E-state index in [0.29, 0.717) is 6.54 Å². The summed E-state index contributed by atoms with van der Waals surface area (Å²) in [6, 6.07) is 17.1. The van der Waals surface area contributed by atoms with Crippen molar-refractivity contribution in [3.63, 3.8) is 0 Å². The largest absolute Gasteiger partial charge is 0.357 e. The molecule has 1 aliphatic rings. The Kier molecular flexibility index (Phi) is 3.45. The molecule has 0 bridgehead atoms. The fraction of sp³-hybridized carbons (Fsp3) is 0.263. The van der Waals surface area contributed by atoms with Gasteiger partial charge in [-0.15, -0.1) is 0 Å². The summed E-state index contributed by atoms with van der Waals surface area (Å²) in [5.41, 5.74) is 12.6. The fourth-order valence-corrected chi connectivity index (χ4v) is 3.54. The molecule has 4 rings (SSSR count). The van der Waals surface area contributed by atoms with E-state index in [-0.39, 0.29) is 0 Å². The molecule has 3 heteroatoms. The summed E-state index contributed by atoms with van der Waals surface area (Å²) < 4.78 is 0. The number of nitrogens with one attached hydrogen (secondary N) is 1. The molecule has 0 saturated carbocycles. The van der Waals surface area contributed by atoms with Crippen LogP contribution in [0.2, 0.25) is 0 Å². The summed E-state index contributed by atoms with van der Waals surface area (Å²) in [5.74, 6) is 0. The zero-order chi connectivity index (χ0) is 14.9. The van der Waals surface area contributed by atoms with E-state index in [4.69, 9.17) is 5.73 Å². The first-order valence-corrected chi connectivity index (χ1v) is 7.93. The Morgan fingerprint density at radius 2 is 1.77 bits per heavy atom. The number of H-pyrrole nitrogens is 1. The molecule has 0 atom stereocenters.